The van der Waals surface area contributed by atoms with Gasteiger partial charge in [0.05, 0.1) is 24.4 Å². The van der Waals surface area contributed by atoms with Crippen LogP contribution in [-0.4, -0.2) is 43.4 Å². The van der Waals surface area contributed by atoms with E-state index < -0.39 is 18.5 Å². The van der Waals surface area contributed by atoms with Gasteiger partial charge < -0.3 is 28.8 Å². The third kappa shape index (κ3) is 6.99. The third-order valence-corrected chi connectivity index (χ3v) is 4.82. The van der Waals surface area contributed by atoms with Crippen LogP contribution >= 0.6 is 0 Å². The summed E-state index contributed by atoms with van der Waals surface area (Å²) < 4.78 is 27.0. The van der Waals surface area contributed by atoms with Gasteiger partial charge >= 0.3 is 5.97 Å². The fourth-order valence-corrected chi connectivity index (χ4v) is 3.04. The van der Waals surface area contributed by atoms with Crippen molar-refractivity contribution in [2.24, 2.45) is 0 Å². The van der Waals surface area contributed by atoms with Gasteiger partial charge in [0.15, 0.2) is 6.61 Å². The lowest BCUT2D eigenvalue weighted by Gasteiger charge is -2.11. The SMILES string of the molecule is CCOc1ccc(OCCNC(=O)COC(=O)c2ccccc2OCc2c(C)noc2C)cc1. The normalized spacial score (nSPS) is 10.4. The molecule has 9 heteroatoms. The molecule has 1 aromatic heterocycles. The lowest BCUT2D eigenvalue weighted by Crippen LogP contribution is -2.32. The Morgan fingerprint density at radius 1 is 0.971 bits per heavy atom. The van der Waals surface area contributed by atoms with Crippen molar-refractivity contribution in [1.82, 2.24) is 10.5 Å². The van der Waals surface area contributed by atoms with Crippen LogP contribution < -0.4 is 19.5 Å². The highest BCUT2D eigenvalue weighted by atomic mass is 16.5. The van der Waals surface area contributed by atoms with Crippen molar-refractivity contribution in [1.29, 1.82) is 0 Å². The molecule has 0 atom stereocenters. The van der Waals surface area contributed by atoms with E-state index in [0.717, 1.165) is 17.0 Å². The minimum atomic E-state index is -0.657. The predicted molar refractivity (Wildman–Crippen MR) is 123 cm³/mol. The molecule has 0 bridgehead atoms. The number of nitrogens with one attached hydrogen (secondary N) is 1. The Balaban J connectivity index is 1.41. The summed E-state index contributed by atoms with van der Waals surface area (Å²) in [5.74, 6) is 1.34. The zero-order valence-corrected chi connectivity index (χ0v) is 19.5. The number of rotatable bonds is 12. The van der Waals surface area contributed by atoms with Gasteiger partial charge in [0.1, 0.15) is 41.8 Å². The first-order valence-electron chi connectivity index (χ1n) is 10.9. The van der Waals surface area contributed by atoms with Crippen LogP contribution in [0.2, 0.25) is 0 Å². The highest BCUT2D eigenvalue weighted by Crippen LogP contribution is 2.22. The molecule has 1 N–H and O–H groups in total. The van der Waals surface area contributed by atoms with Crippen LogP contribution in [0.25, 0.3) is 0 Å². The molecule has 0 saturated heterocycles. The Kier molecular flexibility index (Phi) is 8.90. The van der Waals surface area contributed by atoms with Crippen LogP contribution in [0.3, 0.4) is 0 Å². The Morgan fingerprint density at radius 2 is 1.68 bits per heavy atom. The van der Waals surface area contributed by atoms with Crippen LogP contribution in [0.1, 0.15) is 34.3 Å². The molecule has 0 fully saturated rings. The quantitative estimate of drug-likeness (QED) is 0.317. The summed E-state index contributed by atoms with van der Waals surface area (Å²) in [5.41, 5.74) is 1.76. The van der Waals surface area contributed by atoms with Crippen LogP contribution in [0.15, 0.2) is 53.1 Å². The molecule has 0 radical (unpaired) electrons. The Morgan fingerprint density at radius 3 is 2.35 bits per heavy atom. The van der Waals surface area contributed by atoms with Gasteiger partial charge in [-0.1, -0.05) is 17.3 Å². The summed E-state index contributed by atoms with van der Waals surface area (Å²) >= 11 is 0. The molecule has 0 unspecified atom stereocenters. The summed E-state index contributed by atoms with van der Waals surface area (Å²) in [6.07, 6.45) is 0. The number of hydrogen-bond donors (Lipinski definition) is 1. The fraction of sp³-hybridized carbons (Fsp3) is 0.320. The Hall–Kier alpha value is -4.01. The number of para-hydroxylation sites is 1. The lowest BCUT2D eigenvalue weighted by atomic mass is 10.2. The maximum atomic E-state index is 12.5. The van der Waals surface area contributed by atoms with Gasteiger partial charge in [0.25, 0.3) is 5.91 Å². The molecule has 0 aliphatic rings. The average Bonchev–Trinajstić information content (AvgIpc) is 3.17. The van der Waals surface area contributed by atoms with E-state index in [-0.39, 0.29) is 25.3 Å². The van der Waals surface area contributed by atoms with Crippen molar-refractivity contribution < 1.29 is 33.1 Å². The van der Waals surface area contributed by atoms with Crippen molar-refractivity contribution in [2.45, 2.75) is 27.4 Å². The summed E-state index contributed by atoms with van der Waals surface area (Å²) in [4.78, 5) is 24.5. The van der Waals surface area contributed by atoms with E-state index in [2.05, 4.69) is 10.5 Å². The van der Waals surface area contributed by atoms with Crippen molar-refractivity contribution in [3.8, 4) is 17.2 Å². The minimum Gasteiger partial charge on any atom is -0.494 e. The smallest absolute Gasteiger partial charge is 0.342 e. The average molecular weight is 469 g/mol. The number of benzene rings is 2. The summed E-state index contributed by atoms with van der Waals surface area (Å²) in [6.45, 7) is 6.43. The monoisotopic (exact) mass is 468 g/mol. The predicted octanol–water partition coefficient (Wildman–Crippen LogP) is 3.62. The zero-order valence-electron chi connectivity index (χ0n) is 19.5. The largest absolute Gasteiger partial charge is 0.494 e. The van der Waals surface area contributed by atoms with Gasteiger partial charge in [-0.3, -0.25) is 4.79 Å². The molecule has 1 amide bonds. The molecule has 0 aliphatic carbocycles. The molecular formula is C25H28N2O7. The standard InChI is InChI=1S/C25H28N2O7/c1-4-30-19-9-11-20(12-10-19)31-14-13-26-24(28)16-33-25(29)21-7-5-6-8-23(21)32-15-22-17(2)27-34-18(22)3/h5-12H,4,13-16H2,1-3H3,(H,26,28). The molecule has 1 heterocycles. The maximum Gasteiger partial charge on any atom is 0.342 e. The van der Waals surface area contributed by atoms with Crippen molar-refractivity contribution >= 4 is 11.9 Å². The van der Waals surface area contributed by atoms with Crippen molar-refractivity contribution in [3.63, 3.8) is 0 Å². The Bertz CT molecular complexity index is 1070. The van der Waals surface area contributed by atoms with E-state index in [1.165, 1.54) is 0 Å². The summed E-state index contributed by atoms with van der Waals surface area (Å²) in [5, 5.41) is 6.54. The van der Waals surface area contributed by atoms with Crippen LogP contribution in [-0.2, 0) is 16.1 Å². The lowest BCUT2D eigenvalue weighted by molar-refractivity contribution is -0.124. The summed E-state index contributed by atoms with van der Waals surface area (Å²) in [6, 6.07) is 13.9. The molecule has 0 spiro atoms. The van der Waals surface area contributed by atoms with Gasteiger partial charge in [-0.15, -0.1) is 0 Å². The van der Waals surface area contributed by atoms with Crippen LogP contribution in [0.4, 0.5) is 0 Å². The van der Waals surface area contributed by atoms with Crippen molar-refractivity contribution in [3.05, 3.63) is 71.1 Å². The van der Waals surface area contributed by atoms with E-state index >= 15 is 0 Å². The molecule has 180 valence electrons. The van der Waals surface area contributed by atoms with Gasteiger partial charge in [-0.2, -0.15) is 0 Å². The first-order chi connectivity index (χ1) is 16.5. The van der Waals surface area contributed by atoms with E-state index in [1.54, 1.807) is 43.3 Å². The van der Waals surface area contributed by atoms with E-state index in [0.29, 0.717) is 23.9 Å². The second kappa shape index (κ2) is 12.3. The molecule has 2 aromatic carbocycles. The number of nitrogens with zero attached hydrogens (tertiary/aromatic N) is 1. The van der Waals surface area contributed by atoms with E-state index in [9.17, 15) is 9.59 Å². The summed E-state index contributed by atoms with van der Waals surface area (Å²) in [7, 11) is 0. The molecule has 0 saturated carbocycles. The number of aryl methyl sites for hydroxylation is 2. The number of esters is 1. The van der Waals surface area contributed by atoms with Crippen LogP contribution in [0.5, 0.6) is 17.2 Å². The number of ether oxygens (including phenoxy) is 4. The molecular weight excluding hydrogens is 440 g/mol. The Labute approximate surface area is 197 Å². The molecule has 0 aliphatic heterocycles. The number of hydrogen-bond acceptors (Lipinski definition) is 8. The number of aromatic nitrogens is 1. The van der Waals surface area contributed by atoms with Gasteiger partial charge in [0.2, 0.25) is 0 Å². The minimum absolute atomic E-state index is 0.195. The first kappa shape index (κ1) is 24.6. The van der Waals surface area contributed by atoms with Crippen LogP contribution in [0, 0.1) is 13.8 Å². The van der Waals surface area contributed by atoms with Gasteiger partial charge in [-0.05, 0) is 57.2 Å². The second-order valence-corrected chi connectivity index (χ2v) is 7.27. The zero-order chi connectivity index (χ0) is 24.3. The highest BCUT2D eigenvalue weighted by molar-refractivity contribution is 5.94. The maximum absolute atomic E-state index is 12.5. The third-order valence-electron chi connectivity index (χ3n) is 4.82. The topological polar surface area (TPSA) is 109 Å². The molecule has 9 nitrogen and oxygen atoms in total. The van der Waals surface area contributed by atoms with Crippen molar-refractivity contribution in [2.75, 3.05) is 26.4 Å². The number of carbonyl (C=O) groups excluding carboxylic acids is 2. The van der Waals surface area contributed by atoms with E-state index in [4.69, 9.17) is 23.5 Å². The number of carbonyl (C=O) groups is 2. The second-order valence-electron chi connectivity index (χ2n) is 7.27. The molecule has 3 aromatic rings. The highest BCUT2D eigenvalue weighted by Gasteiger charge is 2.17. The van der Waals surface area contributed by atoms with Gasteiger partial charge in [-0.25, -0.2) is 4.79 Å². The molecule has 34 heavy (non-hydrogen) atoms. The fourth-order valence-electron chi connectivity index (χ4n) is 3.04. The first-order valence-corrected chi connectivity index (χ1v) is 10.9. The molecule has 3 rings (SSSR count). The van der Waals surface area contributed by atoms with E-state index in [1.807, 2.05) is 26.0 Å². The number of amides is 1. The van der Waals surface area contributed by atoms with Gasteiger partial charge in [0, 0.05) is 0 Å².